The van der Waals surface area contributed by atoms with Crippen molar-refractivity contribution in [1.29, 1.82) is 5.26 Å². The number of amides is 2. The Bertz CT molecular complexity index is 1580. The first-order chi connectivity index (χ1) is 19.5. The molecule has 0 atom stereocenters. The van der Waals surface area contributed by atoms with E-state index < -0.39 is 9.84 Å². The third-order valence-electron chi connectivity index (χ3n) is 7.44. The quantitative estimate of drug-likeness (QED) is 0.321. The number of anilines is 1. The van der Waals surface area contributed by atoms with Crippen LogP contribution in [0.15, 0.2) is 59.5 Å². The minimum Gasteiger partial charge on any atom is -0.343 e. The number of hydrogen-bond donors (Lipinski definition) is 1. The van der Waals surface area contributed by atoms with Crippen molar-refractivity contribution in [3.05, 3.63) is 81.3 Å². The fraction of sp³-hybridized carbons (Fsp3) is 0.323. The summed E-state index contributed by atoms with van der Waals surface area (Å²) in [5.41, 5.74) is 3.86. The highest BCUT2D eigenvalue weighted by Gasteiger charge is 2.22. The molecule has 0 saturated carbocycles. The Labute approximate surface area is 251 Å². The Hall–Kier alpha value is -3.38. The molecule has 41 heavy (non-hydrogen) atoms. The summed E-state index contributed by atoms with van der Waals surface area (Å²) in [5, 5.41) is 13.3. The van der Waals surface area contributed by atoms with E-state index in [1.807, 2.05) is 17.0 Å². The lowest BCUT2D eigenvalue weighted by atomic mass is 9.87. The van der Waals surface area contributed by atoms with E-state index in [0.717, 1.165) is 37.9 Å². The maximum absolute atomic E-state index is 12.7. The zero-order valence-corrected chi connectivity index (χ0v) is 25.2. The van der Waals surface area contributed by atoms with Gasteiger partial charge < -0.3 is 10.2 Å². The van der Waals surface area contributed by atoms with E-state index in [-0.39, 0.29) is 28.9 Å². The maximum atomic E-state index is 12.7. The van der Waals surface area contributed by atoms with Crippen LogP contribution in [0.4, 0.5) is 5.69 Å². The Kier molecular flexibility index (Phi) is 9.75. The lowest BCUT2D eigenvalue weighted by Gasteiger charge is -2.31. The largest absolute Gasteiger partial charge is 0.343 e. The summed E-state index contributed by atoms with van der Waals surface area (Å²) >= 11 is 13.2. The summed E-state index contributed by atoms with van der Waals surface area (Å²) in [6.45, 7) is 4.65. The molecular formula is C31H31Cl2N3O4S. The van der Waals surface area contributed by atoms with E-state index >= 15 is 0 Å². The molecule has 0 spiro atoms. The van der Waals surface area contributed by atoms with Gasteiger partial charge in [-0.05, 0) is 72.2 Å². The molecular weight excluding hydrogens is 581 g/mol. The molecule has 3 aromatic carbocycles. The molecule has 1 N–H and O–H groups in total. The summed E-state index contributed by atoms with van der Waals surface area (Å²) in [5.74, 6) is 0.207. The number of benzene rings is 3. The van der Waals surface area contributed by atoms with Gasteiger partial charge in [0.15, 0.2) is 9.84 Å². The number of halogens is 2. The standard InChI is InChI=1S/C31H31Cl2N3O4S/c1-3-41(39,40)27-8-4-21(5-9-27)15-30(38)35-26-17-28(32)31(29(33)18-26)24-7-6-23(25(16-24)19-34)14-22-10-12-36(13-11-22)20(2)37/h4-9,16-18,22H,3,10-15H2,1-2H3,(H,35,38). The van der Waals surface area contributed by atoms with Crippen molar-refractivity contribution < 1.29 is 18.0 Å². The fourth-order valence-electron chi connectivity index (χ4n) is 5.07. The molecule has 2 amide bonds. The number of nitrogens with one attached hydrogen (secondary N) is 1. The molecule has 4 rings (SSSR count). The van der Waals surface area contributed by atoms with Gasteiger partial charge in [-0.3, -0.25) is 9.59 Å². The number of carbonyl (C=O) groups excluding carboxylic acids is 2. The molecule has 0 aromatic heterocycles. The minimum absolute atomic E-state index is 0.00885. The molecule has 3 aromatic rings. The second-order valence-electron chi connectivity index (χ2n) is 10.2. The number of nitrogens with zero attached hydrogens (tertiary/aromatic N) is 2. The van der Waals surface area contributed by atoms with Gasteiger partial charge in [-0.1, -0.05) is 54.4 Å². The first-order valence-corrected chi connectivity index (χ1v) is 15.8. The van der Waals surface area contributed by atoms with Gasteiger partial charge in [-0.2, -0.15) is 5.26 Å². The zero-order valence-electron chi connectivity index (χ0n) is 22.9. The number of rotatable bonds is 8. The molecule has 0 aliphatic carbocycles. The van der Waals surface area contributed by atoms with E-state index in [0.29, 0.717) is 43.9 Å². The van der Waals surface area contributed by atoms with Crippen molar-refractivity contribution in [3.8, 4) is 17.2 Å². The minimum atomic E-state index is -3.31. The van der Waals surface area contributed by atoms with Crippen molar-refractivity contribution in [1.82, 2.24) is 4.90 Å². The molecule has 1 aliphatic rings. The fourth-order valence-corrected chi connectivity index (χ4v) is 6.66. The smallest absolute Gasteiger partial charge is 0.228 e. The molecule has 0 unspecified atom stereocenters. The van der Waals surface area contributed by atoms with Crippen molar-refractivity contribution in [2.45, 2.75) is 44.4 Å². The Morgan fingerprint density at radius 3 is 2.22 bits per heavy atom. The Morgan fingerprint density at radius 2 is 1.66 bits per heavy atom. The van der Waals surface area contributed by atoms with E-state index in [1.165, 1.54) is 12.1 Å². The van der Waals surface area contributed by atoms with Crippen molar-refractivity contribution in [3.63, 3.8) is 0 Å². The van der Waals surface area contributed by atoms with Crippen LogP contribution in [0.1, 0.15) is 43.4 Å². The molecule has 1 fully saturated rings. The Balaban J connectivity index is 1.45. The normalized spacial score (nSPS) is 14.0. The van der Waals surface area contributed by atoms with Gasteiger partial charge in [-0.25, -0.2) is 8.42 Å². The van der Waals surface area contributed by atoms with Gasteiger partial charge in [0.2, 0.25) is 11.8 Å². The number of sulfone groups is 1. The highest BCUT2D eigenvalue weighted by molar-refractivity contribution is 7.91. The first-order valence-electron chi connectivity index (χ1n) is 13.4. The van der Waals surface area contributed by atoms with Crippen LogP contribution in [0, 0.1) is 17.2 Å². The SMILES string of the molecule is CCS(=O)(=O)c1ccc(CC(=O)Nc2cc(Cl)c(-c3ccc(CC4CCN(C(C)=O)CC4)c(C#N)c3)c(Cl)c2)cc1. The van der Waals surface area contributed by atoms with Crippen molar-refractivity contribution in [2.24, 2.45) is 5.92 Å². The Morgan fingerprint density at radius 1 is 1.02 bits per heavy atom. The summed E-state index contributed by atoms with van der Waals surface area (Å²) in [7, 11) is -3.31. The highest BCUT2D eigenvalue weighted by Crippen LogP contribution is 2.38. The van der Waals surface area contributed by atoms with E-state index in [9.17, 15) is 23.3 Å². The van der Waals surface area contributed by atoms with Crippen LogP contribution in [-0.4, -0.2) is 44.0 Å². The molecule has 0 bridgehead atoms. The van der Waals surface area contributed by atoms with Crippen LogP contribution >= 0.6 is 23.2 Å². The van der Waals surface area contributed by atoms with Crippen LogP contribution in [0.5, 0.6) is 0 Å². The monoisotopic (exact) mass is 611 g/mol. The van der Waals surface area contributed by atoms with Crippen LogP contribution in [0.25, 0.3) is 11.1 Å². The van der Waals surface area contributed by atoms with Gasteiger partial charge in [0, 0.05) is 31.3 Å². The molecule has 1 saturated heterocycles. The van der Waals surface area contributed by atoms with Crippen LogP contribution in [-0.2, 0) is 32.3 Å². The number of likely N-dealkylation sites (tertiary alicyclic amines) is 1. The summed E-state index contributed by atoms with van der Waals surface area (Å²) < 4.78 is 24.0. The summed E-state index contributed by atoms with van der Waals surface area (Å²) in [6, 6.07) is 17.4. The second-order valence-corrected chi connectivity index (χ2v) is 13.3. The van der Waals surface area contributed by atoms with Gasteiger partial charge in [0.1, 0.15) is 0 Å². The van der Waals surface area contributed by atoms with Gasteiger partial charge in [-0.15, -0.1) is 0 Å². The zero-order chi connectivity index (χ0) is 29.7. The van der Waals surface area contributed by atoms with Crippen LogP contribution < -0.4 is 5.32 Å². The predicted octanol–water partition coefficient (Wildman–Crippen LogP) is 6.31. The average molecular weight is 613 g/mol. The molecule has 1 heterocycles. The summed E-state index contributed by atoms with van der Waals surface area (Å²) in [6.07, 6.45) is 2.62. The van der Waals surface area contributed by atoms with Crippen LogP contribution in [0.3, 0.4) is 0 Å². The van der Waals surface area contributed by atoms with Crippen molar-refractivity contribution in [2.75, 3.05) is 24.2 Å². The molecule has 1 aliphatic heterocycles. The molecule has 10 heteroatoms. The maximum Gasteiger partial charge on any atom is 0.228 e. The third-order valence-corrected chi connectivity index (χ3v) is 9.79. The van der Waals surface area contributed by atoms with Crippen LogP contribution in [0.2, 0.25) is 10.0 Å². The molecule has 7 nitrogen and oxygen atoms in total. The average Bonchev–Trinajstić information content (AvgIpc) is 2.94. The number of piperidine rings is 1. The second kappa shape index (κ2) is 13.1. The topological polar surface area (TPSA) is 107 Å². The van der Waals surface area contributed by atoms with E-state index in [1.54, 1.807) is 44.2 Å². The predicted molar refractivity (Wildman–Crippen MR) is 162 cm³/mol. The highest BCUT2D eigenvalue weighted by atomic mass is 35.5. The number of hydrogen-bond acceptors (Lipinski definition) is 5. The number of carbonyl (C=O) groups is 2. The number of nitriles is 1. The third kappa shape index (κ3) is 7.48. The molecule has 0 radical (unpaired) electrons. The van der Waals surface area contributed by atoms with Gasteiger partial charge >= 0.3 is 0 Å². The van der Waals surface area contributed by atoms with Gasteiger partial charge in [0.25, 0.3) is 0 Å². The summed E-state index contributed by atoms with van der Waals surface area (Å²) in [4.78, 5) is 26.4. The van der Waals surface area contributed by atoms with E-state index in [4.69, 9.17) is 23.2 Å². The van der Waals surface area contributed by atoms with E-state index in [2.05, 4.69) is 11.4 Å². The van der Waals surface area contributed by atoms with Gasteiger partial charge in [0.05, 0.1) is 38.7 Å². The lowest BCUT2D eigenvalue weighted by Crippen LogP contribution is -2.37. The molecule has 214 valence electrons. The lowest BCUT2D eigenvalue weighted by molar-refractivity contribution is -0.130. The first kappa shape index (κ1) is 30.6. The van der Waals surface area contributed by atoms with Crippen molar-refractivity contribution >= 4 is 50.5 Å².